The van der Waals surface area contributed by atoms with Crippen LogP contribution in [0.1, 0.15) is 39.2 Å². The van der Waals surface area contributed by atoms with Crippen LogP contribution in [0.15, 0.2) is 18.2 Å². The van der Waals surface area contributed by atoms with Gasteiger partial charge in [-0.15, -0.1) is 0 Å². The van der Waals surface area contributed by atoms with E-state index in [9.17, 15) is 8.42 Å². The molecule has 1 heterocycles. The van der Waals surface area contributed by atoms with Gasteiger partial charge >= 0.3 is 0 Å². The van der Waals surface area contributed by atoms with Crippen molar-refractivity contribution >= 4 is 10.0 Å². The van der Waals surface area contributed by atoms with Crippen molar-refractivity contribution in [2.24, 2.45) is 0 Å². The van der Waals surface area contributed by atoms with Crippen molar-refractivity contribution in [3.8, 4) is 23.3 Å². The average Bonchev–Trinajstić information content (AvgIpc) is 2.83. The van der Waals surface area contributed by atoms with Crippen LogP contribution in [-0.4, -0.2) is 32.9 Å². The van der Waals surface area contributed by atoms with Gasteiger partial charge in [0.1, 0.15) is 12.2 Å². The fraction of sp³-hybridized carbons (Fsp3) is 0.556. The number of rotatable bonds is 7. The van der Waals surface area contributed by atoms with E-state index >= 15 is 0 Å². The van der Waals surface area contributed by atoms with Gasteiger partial charge in [-0.05, 0) is 26.3 Å². The zero-order chi connectivity index (χ0) is 17.6. The van der Waals surface area contributed by atoms with Gasteiger partial charge in [0.15, 0.2) is 11.5 Å². The molecule has 0 atom stereocenters. The molecule has 1 aliphatic rings. The van der Waals surface area contributed by atoms with E-state index in [1.165, 1.54) is 0 Å². The molecule has 1 aromatic carbocycles. The standard InChI is InChI=1S/C18H25NO4S/c1-4-5-13-24(20,21)19-11-6-7-12-22-16-10-8-9-15-14-18(2,3)23-17(15)16/h8-10,19H,4-5,11-14H2,1-3H3. The van der Waals surface area contributed by atoms with E-state index in [1.54, 1.807) is 0 Å². The Kier molecular flexibility index (Phi) is 6.14. The van der Waals surface area contributed by atoms with Crippen molar-refractivity contribution in [3.05, 3.63) is 23.8 Å². The number of sulfonamides is 1. The molecule has 0 unspecified atom stereocenters. The van der Waals surface area contributed by atoms with Gasteiger partial charge in [0, 0.05) is 12.0 Å². The fourth-order valence-corrected chi connectivity index (χ4v) is 3.59. The minimum Gasteiger partial charge on any atom is -0.483 e. The summed E-state index contributed by atoms with van der Waals surface area (Å²) >= 11 is 0. The number of unbranched alkanes of at least 4 members (excludes halogenated alkanes) is 1. The predicted octanol–water partition coefficient (Wildman–Crippen LogP) is 2.50. The lowest BCUT2D eigenvalue weighted by Gasteiger charge is -2.17. The van der Waals surface area contributed by atoms with Gasteiger partial charge in [0.25, 0.3) is 0 Å². The Morgan fingerprint density at radius 2 is 2.12 bits per heavy atom. The van der Waals surface area contributed by atoms with E-state index in [0.29, 0.717) is 12.2 Å². The molecule has 5 nitrogen and oxygen atoms in total. The lowest BCUT2D eigenvalue weighted by atomic mass is 10.0. The van der Waals surface area contributed by atoms with Gasteiger partial charge in [-0.1, -0.05) is 37.3 Å². The average molecular weight is 351 g/mol. The van der Waals surface area contributed by atoms with Crippen LogP contribution >= 0.6 is 0 Å². The molecule has 0 radical (unpaired) electrons. The molecule has 0 saturated heterocycles. The molecule has 0 aliphatic carbocycles. The summed E-state index contributed by atoms with van der Waals surface area (Å²) in [6, 6.07) is 5.83. The Balaban J connectivity index is 1.82. The van der Waals surface area contributed by atoms with Crippen LogP contribution in [0.3, 0.4) is 0 Å². The lowest BCUT2D eigenvalue weighted by Crippen LogP contribution is -2.26. The van der Waals surface area contributed by atoms with Crippen molar-refractivity contribution in [1.29, 1.82) is 0 Å². The zero-order valence-corrected chi connectivity index (χ0v) is 15.3. The van der Waals surface area contributed by atoms with E-state index in [2.05, 4.69) is 16.6 Å². The first-order valence-corrected chi connectivity index (χ1v) is 9.85. The van der Waals surface area contributed by atoms with Crippen LogP contribution < -0.4 is 14.2 Å². The maximum atomic E-state index is 11.6. The van der Waals surface area contributed by atoms with Crippen molar-refractivity contribution in [1.82, 2.24) is 4.72 Å². The number of ether oxygens (including phenoxy) is 2. The molecule has 0 spiro atoms. The number of para-hydroxylation sites is 1. The van der Waals surface area contributed by atoms with Crippen LogP contribution in [0.25, 0.3) is 0 Å². The summed E-state index contributed by atoms with van der Waals surface area (Å²) in [5.74, 6) is 7.19. The molecule has 24 heavy (non-hydrogen) atoms. The van der Waals surface area contributed by atoms with E-state index < -0.39 is 10.0 Å². The molecular formula is C18H25NO4S. The second-order valence-corrected chi connectivity index (χ2v) is 8.35. The van der Waals surface area contributed by atoms with Gasteiger partial charge in [-0.25, -0.2) is 13.1 Å². The molecule has 0 amide bonds. The molecule has 1 aromatic rings. The Morgan fingerprint density at radius 3 is 2.88 bits per heavy atom. The third-order valence-corrected chi connectivity index (χ3v) is 5.04. The third-order valence-electron chi connectivity index (χ3n) is 3.63. The highest BCUT2D eigenvalue weighted by Crippen LogP contribution is 2.41. The number of nitrogens with one attached hydrogen (secondary N) is 1. The Labute approximate surface area is 144 Å². The van der Waals surface area contributed by atoms with Crippen LogP contribution in [-0.2, 0) is 16.4 Å². The first-order valence-electron chi connectivity index (χ1n) is 8.20. The summed E-state index contributed by atoms with van der Waals surface area (Å²) in [5, 5.41) is 0. The van der Waals surface area contributed by atoms with E-state index in [-0.39, 0.29) is 24.5 Å². The normalized spacial score (nSPS) is 15.1. The molecule has 1 aliphatic heterocycles. The van der Waals surface area contributed by atoms with Gasteiger partial charge in [0.2, 0.25) is 10.0 Å². The summed E-state index contributed by atoms with van der Waals surface area (Å²) in [5.41, 5.74) is 0.915. The van der Waals surface area contributed by atoms with E-state index in [0.717, 1.165) is 24.2 Å². The number of hydrogen-bond acceptors (Lipinski definition) is 4. The minimum atomic E-state index is -3.22. The molecule has 0 aromatic heterocycles. The van der Waals surface area contributed by atoms with E-state index in [1.807, 2.05) is 39.0 Å². The van der Waals surface area contributed by atoms with Crippen LogP contribution in [0.5, 0.6) is 11.5 Å². The summed E-state index contributed by atoms with van der Waals surface area (Å²) in [4.78, 5) is 0. The molecule has 0 fully saturated rings. The summed E-state index contributed by atoms with van der Waals surface area (Å²) in [6.07, 6.45) is 2.35. The largest absolute Gasteiger partial charge is 0.483 e. The maximum absolute atomic E-state index is 11.6. The second-order valence-electron chi connectivity index (χ2n) is 6.42. The van der Waals surface area contributed by atoms with Crippen molar-refractivity contribution in [3.63, 3.8) is 0 Å². The molecule has 6 heteroatoms. The summed E-state index contributed by atoms with van der Waals surface area (Å²) in [6.45, 7) is 6.34. The van der Waals surface area contributed by atoms with Crippen LogP contribution in [0.4, 0.5) is 0 Å². The highest BCUT2D eigenvalue weighted by Gasteiger charge is 2.32. The number of fused-ring (bicyclic) bond motifs is 1. The Bertz CT molecular complexity index is 729. The van der Waals surface area contributed by atoms with E-state index in [4.69, 9.17) is 9.47 Å². The molecular weight excluding hydrogens is 326 g/mol. The molecule has 132 valence electrons. The summed E-state index contributed by atoms with van der Waals surface area (Å²) < 4.78 is 37.3. The number of hydrogen-bond donors (Lipinski definition) is 1. The van der Waals surface area contributed by atoms with Crippen LogP contribution in [0.2, 0.25) is 0 Å². The van der Waals surface area contributed by atoms with Gasteiger partial charge < -0.3 is 9.47 Å². The first kappa shape index (κ1) is 18.6. The molecule has 1 N–H and O–H groups in total. The topological polar surface area (TPSA) is 64.6 Å². The monoisotopic (exact) mass is 351 g/mol. The lowest BCUT2D eigenvalue weighted by molar-refractivity contribution is 0.133. The second kappa shape index (κ2) is 7.91. The number of benzene rings is 1. The smallest absolute Gasteiger partial charge is 0.212 e. The predicted molar refractivity (Wildman–Crippen MR) is 94.8 cm³/mol. The zero-order valence-electron chi connectivity index (χ0n) is 14.5. The van der Waals surface area contributed by atoms with Gasteiger partial charge in [0.05, 0.1) is 12.3 Å². The highest BCUT2D eigenvalue weighted by molar-refractivity contribution is 7.89. The summed E-state index contributed by atoms with van der Waals surface area (Å²) in [7, 11) is -3.22. The Morgan fingerprint density at radius 1 is 1.33 bits per heavy atom. The third kappa shape index (κ3) is 5.43. The van der Waals surface area contributed by atoms with Crippen molar-refractivity contribution in [2.45, 2.75) is 45.6 Å². The Hall–Kier alpha value is -1.71. The SMILES string of the molecule is CCCCS(=O)(=O)NCC#CCOc1cccc2c1OC(C)(C)C2. The first-order chi connectivity index (χ1) is 11.3. The van der Waals surface area contributed by atoms with Gasteiger partial charge in [-0.3, -0.25) is 0 Å². The molecule has 2 rings (SSSR count). The quantitative estimate of drug-likeness (QED) is 0.767. The molecule has 0 saturated carbocycles. The highest BCUT2D eigenvalue weighted by atomic mass is 32.2. The van der Waals surface area contributed by atoms with Gasteiger partial charge in [-0.2, -0.15) is 0 Å². The van der Waals surface area contributed by atoms with Crippen molar-refractivity contribution in [2.75, 3.05) is 18.9 Å². The minimum absolute atomic E-state index is 0.103. The fourth-order valence-electron chi connectivity index (χ4n) is 2.48. The van der Waals surface area contributed by atoms with Crippen LogP contribution in [0, 0.1) is 11.8 Å². The maximum Gasteiger partial charge on any atom is 0.212 e. The molecule has 0 bridgehead atoms. The van der Waals surface area contributed by atoms with Crippen molar-refractivity contribution < 1.29 is 17.9 Å².